The third-order valence-corrected chi connectivity index (χ3v) is 7.26. The van der Waals surface area contributed by atoms with Crippen LogP contribution in [0.2, 0.25) is 5.02 Å². The molecule has 0 atom stereocenters. The van der Waals surface area contributed by atoms with Crippen molar-refractivity contribution in [3.05, 3.63) is 47.0 Å². The number of rotatable bonds is 4. The fraction of sp³-hybridized carbons (Fsp3) is 0.412. The first-order valence-electron chi connectivity index (χ1n) is 8.22. The van der Waals surface area contributed by atoms with E-state index < -0.39 is 20.9 Å². The highest BCUT2D eigenvalue weighted by Crippen LogP contribution is 2.25. The van der Waals surface area contributed by atoms with Crippen molar-refractivity contribution in [2.45, 2.75) is 29.7 Å². The molecule has 1 fully saturated rings. The molecule has 0 aliphatic carbocycles. The molecule has 1 aliphatic heterocycles. The second kappa shape index (κ2) is 7.36. The summed E-state index contributed by atoms with van der Waals surface area (Å²) < 4.78 is 40.7. The smallest absolute Gasteiger partial charge is 0.227 e. The van der Waals surface area contributed by atoms with Gasteiger partial charge in [-0.1, -0.05) is 17.7 Å². The molecular weight excluding hydrogens is 381 g/mol. The molecule has 0 saturated carbocycles. The topological polar surface area (TPSA) is 72.3 Å². The van der Waals surface area contributed by atoms with Gasteiger partial charge in [-0.25, -0.2) is 17.8 Å². The maximum atomic E-state index is 13.8. The zero-order valence-electron chi connectivity index (χ0n) is 14.2. The Morgan fingerprint density at radius 1 is 1.35 bits per heavy atom. The Morgan fingerprint density at radius 2 is 2.04 bits per heavy atom. The number of sulfone groups is 1. The normalized spacial score (nSPS) is 16.0. The Hall–Kier alpha value is -1.93. The van der Waals surface area contributed by atoms with Gasteiger partial charge in [-0.3, -0.25) is 4.79 Å². The zero-order chi connectivity index (χ0) is 18.9. The highest BCUT2D eigenvalue weighted by atomic mass is 35.5. The average Bonchev–Trinajstić information content (AvgIpc) is 3.05. The van der Waals surface area contributed by atoms with Crippen molar-refractivity contribution in [2.24, 2.45) is 7.05 Å². The summed E-state index contributed by atoms with van der Waals surface area (Å²) in [4.78, 5) is 17.9. The number of aromatic nitrogens is 2. The Morgan fingerprint density at radius 3 is 2.62 bits per heavy atom. The summed E-state index contributed by atoms with van der Waals surface area (Å²) >= 11 is 5.97. The molecule has 26 heavy (non-hydrogen) atoms. The molecule has 1 aromatic carbocycles. The first-order valence-corrected chi connectivity index (χ1v) is 10.1. The molecule has 140 valence electrons. The van der Waals surface area contributed by atoms with Crippen LogP contribution in [-0.2, 0) is 28.1 Å². The van der Waals surface area contributed by atoms with Gasteiger partial charge < -0.3 is 9.47 Å². The number of nitrogens with zero attached hydrogens (tertiary/aromatic N) is 3. The minimum Gasteiger partial charge on any atom is -0.342 e. The quantitative estimate of drug-likeness (QED) is 0.790. The Kier molecular flexibility index (Phi) is 5.34. The highest BCUT2D eigenvalue weighted by molar-refractivity contribution is 7.91. The number of imidazole rings is 1. The van der Waals surface area contributed by atoms with Crippen molar-refractivity contribution in [2.75, 3.05) is 13.1 Å². The van der Waals surface area contributed by atoms with Crippen LogP contribution in [0.25, 0.3) is 0 Å². The van der Waals surface area contributed by atoms with E-state index in [0.29, 0.717) is 25.9 Å². The molecule has 1 aromatic heterocycles. The van der Waals surface area contributed by atoms with Crippen LogP contribution in [0, 0.1) is 5.82 Å². The zero-order valence-corrected chi connectivity index (χ0v) is 15.8. The third-order valence-electron chi connectivity index (χ3n) is 4.65. The van der Waals surface area contributed by atoms with Crippen molar-refractivity contribution in [1.29, 1.82) is 0 Å². The van der Waals surface area contributed by atoms with Gasteiger partial charge in [0.1, 0.15) is 5.82 Å². The monoisotopic (exact) mass is 399 g/mol. The number of benzene rings is 1. The van der Waals surface area contributed by atoms with Crippen LogP contribution in [0.4, 0.5) is 4.39 Å². The van der Waals surface area contributed by atoms with E-state index in [2.05, 4.69) is 4.98 Å². The molecule has 2 aromatic rings. The van der Waals surface area contributed by atoms with Gasteiger partial charge in [-0.2, -0.15) is 0 Å². The van der Waals surface area contributed by atoms with E-state index in [1.165, 1.54) is 22.9 Å². The molecule has 3 rings (SSSR count). The standard InChI is InChI=1S/C17H19ClFN3O3S/c1-21-10-7-20-17(21)26(24,25)12-5-8-22(9-6-12)16(23)11-13-14(18)3-2-4-15(13)19/h2-4,7,10,12H,5-6,8-9,11H2,1H3. The van der Waals surface area contributed by atoms with Gasteiger partial charge in [0.2, 0.25) is 20.9 Å². The van der Waals surface area contributed by atoms with Gasteiger partial charge in [0.05, 0.1) is 11.7 Å². The van der Waals surface area contributed by atoms with Crippen LogP contribution in [0.15, 0.2) is 35.7 Å². The summed E-state index contributed by atoms with van der Waals surface area (Å²) in [6, 6.07) is 4.29. The molecule has 1 aliphatic rings. The van der Waals surface area contributed by atoms with E-state index in [-0.39, 0.29) is 28.1 Å². The van der Waals surface area contributed by atoms with Crippen molar-refractivity contribution >= 4 is 27.3 Å². The molecule has 1 saturated heterocycles. The number of halogens is 2. The lowest BCUT2D eigenvalue weighted by Crippen LogP contribution is -2.43. The summed E-state index contributed by atoms with van der Waals surface area (Å²) in [5.41, 5.74) is 0.168. The van der Waals surface area contributed by atoms with Crippen molar-refractivity contribution < 1.29 is 17.6 Å². The number of hydrogen-bond donors (Lipinski definition) is 0. The molecular formula is C17H19ClFN3O3S. The largest absolute Gasteiger partial charge is 0.342 e. The molecule has 0 unspecified atom stereocenters. The summed E-state index contributed by atoms with van der Waals surface area (Å²) in [7, 11) is -1.90. The number of likely N-dealkylation sites (tertiary alicyclic amines) is 1. The van der Waals surface area contributed by atoms with Gasteiger partial charge in [-0.05, 0) is 25.0 Å². The first kappa shape index (κ1) is 18.8. The van der Waals surface area contributed by atoms with Crippen LogP contribution in [0.1, 0.15) is 18.4 Å². The Balaban J connectivity index is 1.65. The lowest BCUT2D eigenvalue weighted by Gasteiger charge is -2.31. The fourth-order valence-electron chi connectivity index (χ4n) is 3.15. The fourth-order valence-corrected chi connectivity index (χ4v) is 5.18. The lowest BCUT2D eigenvalue weighted by atomic mass is 10.1. The van der Waals surface area contributed by atoms with E-state index in [1.54, 1.807) is 24.2 Å². The highest BCUT2D eigenvalue weighted by Gasteiger charge is 2.35. The predicted octanol–water partition coefficient (Wildman–Crippen LogP) is 2.22. The van der Waals surface area contributed by atoms with Crippen molar-refractivity contribution in [3.8, 4) is 0 Å². The molecule has 6 nitrogen and oxygen atoms in total. The van der Waals surface area contributed by atoms with E-state index in [1.807, 2.05) is 0 Å². The maximum Gasteiger partial charge on any atom is 0.227 e. The molecule has 1 amide bonds. The number of piperidine rings is 1. The van der Waals surface area contributed by atoms with Crippen molar-refractivity contribution in [3.63, 3.8) is 0 Å². The maximum absolute atomic E-state index is 13.8. The molecule has 0 bridgehead atoms. The number of aryl methyl sites for hydroxylation is 1. The molecule has 0 spiro atoms. The molecule has 9 heteroatoms. The number of amides is 1. The molecule has 2 heterocycles. The third kappa shape index (κ3) is 3.61. The average molecular weight is 400 g/mol. The van der Waals surface area contributed by atoms with Crippen molar-refractivity contribution in [1.82, 2.24) is 14.5 Å². The summed E-state index contributed by atoms with van der Waals surface area (Å²) in [6.07, 6.45) is 3.55. The van der Waals surface area contributed by atoms with E-state index in [0.717, 1.165) is 0 Å². The Bertz CT molecular complexity index is 901. The number of carbonyl (C=O) groups is 1. The lowest BCUT2D eigenvalue weighted by molar-refractivity contribution is -0.131. The second-order valence-electron chi connectivity index (χ2n) is 6.32. The summed E-state index contributed by atoms with van der Waals surface area (Å²) in [5, 5.41) is -0.323. The predicted molar refractivity (Wildman–Crippen MR) is 95.1 cm³/mol. The van der Waals surface area contributed by atoms with E-state index in [9.17, 15) is 17.6 Å². The van der Waals surface area contributed by atoms with Gasteiger partial charge in [0, 0.05) is 43.1 Å². The Labute approximate surface area is 156 Å². The minimum atomic E-state index is -3.54. The van der Waals surface area contributed by atoms with E-state index in [4.69, 9.17) is 11.6 Å². The van der Waals surface area contributed by atoms with Crippen LogP contribution in [-0.4, -0.2) is 47.1 Å². The van der Waals surface area contributed by atoms with Gasteiger partial charge in [0.25, 0.3) is 0 Å². The minimum absolute atomic E-state index is 0.0421. The summed E-state index contributed by atoms with van der Waals surface area (Å²) in [6.45, 7) is 0.610. The van der Waals surface area contributed by atoms with Gasteiger partial charge >= 0.3 is 0 Å². The van der Waals surface area contributed by atoms with Crippen LogP contribution < -0.4 is 0 Å². The van der Waals surface area contributed by atoms with E-state index >= 15 is 0 Å². The number of carbonyl (C=O) groups excluding carboxylic acids is 1. The van der Waals surface area contributed by atoms with Crippen LogP contribution in [0.3, 0.4) is 0 Å². The first-order chi connectivity index (χ1) is 12.3. The van der Waals surface area contributed by atoms with Gasteiger partial charge in [-0.15, -0.1) is 0 Å². The second-order valence-corrected chi connectivity index (χ2v) is 8.85. The summed E-state index contributed by atoms with van der Waals surface area (Å²) in [5.74, 6) is -0.775. The molecule has 0 radical (unpaired) electrons. The van der Waals surface area contributed by atoms with Crippen LogP contribution in [0.5, 0.6) is 0 Å². The molecule has 0 N–H and O–H groups in total. The SMILES string of the molecule is Cn1ccnc1S(=O)(=O)C1CCN(C(=O)Cc2c(F)cccc2Cl)CC1. The van der Waals surface area contributed by atoms with Crippen LogP contribution >= 0.6 is 11.6 Å². The van der Waals surface area contributed by atoms with Gasteiger partial charge in [0.15, 0.2) is 0 Å². The number of hydrogen-bond acceptors (Lipinski definition) is 4.